The van der Waals surface area contributed by atoms with Gasteiger partial charge in [0.05, 0.1) is 17.3 Å². The summed E-state index contributed by atoms with van der Waals surface area (Å²) in [5.41, 5.74) is 1.10. The van der Waals surface area contributed by atoms with Gasteiger partial charge in [0.15, 0.2) is 9.84 Å². The number of rotatable bonds is 3. The van der Waals surface area contributed by atoms with Crippen LogP contribution < -0.4 is 0 Å². The zero-order chi connectivity index (χ0) is 14.0. The number of sulfone groups is 1. The number of carbonyl (C=O) groups is 1. The van der Waals surface area contributed by atoms with Gasteiger partial charge in [0.2, 0.25) is 0 Å². The van der Waals surface area contributed by atoms with Crippen LogP contribution in [0.2, 0.25) is 0 Å². The lowest BCUT2D eigenvalue weighted by Crippen LogP contribution is -2.20. The van der Waals surface area contributed by atoms with Crippen LogP contribution in [0.25, 0.3) is 0 Å². The molecule has 4 nitrogen and oxygen atoms in total. The van der Waals surface area contributed by atoms with Crippen molar-refractivity contribution < 1.29 is 17.9 Å². The van der Waals surface area contributed by atoms with Gasteiger partial charge in [-0.15, -0.1) is 0 Å². The number of methoxy groups -OCH3 is 1. The van der Waals surface area contributed by atoms with E-state index in [2.05, 4.69) is 4.74 Å². The highest BCUT2D eigenvalue weighted by molar-refractivity contribution is 7.92. The number of carbonyl (C=O) groups excluding carboxylic acids is 1. The average molecular weight is 280 g/mol. The standard InChI is InChI=1S/C14H16O4S/c1-10-12(14(15)18-2)8-9-13(10)19(16,17)11-6-4-3-5-7-11/h3-7,13H,8-9H2,1-2H3. The van der Waals surface area contributed by atoms with Crippen LogP contribution in [0.1, 0.15) is 19.8 Å². The Morgan fingerprint density at radius 2 is 1.89 bits per heavy atom. The molecular formula is C14H16O4S. The van der Waals surface area contributed by atoms with Gasteiger partial charge < -0.3 is 4.74 Å². The molecule has 19 heavy (non-hydrogen) atoms. The van der Waals surface area contributed by atoms with Crippen molar-refractivity contribution in [1.29, 1.82) is 0 Å². The quantitative estimate of drug-likeness (QED) is 0.796. The van der Waals surface area contributed by atoms with Crippen molar-refractivity contribution in [2.45, 2.75) is 29.9 Å². The molecule has 1 atom stereocenters. The molecule has 1 unspecified atom stereocenters. The van der Waals surface area contributed by atoms with Crippen molar-refractivity contribution in [2.24, 2.45) is 0 Å². The van der Waals surface area contributed by atoms with E-state index in [-0.39, 0.29) is 0 Å². The lowest BCUT2D eigenvalue weighted by Gasteiger charge is -2.13. The van der Waals surface area contributed by atoms with Gasteiger partial charge in [-0.25, -0.2) is 13.2 Å². The molecule has 0 radical (unpaired) electrons. The molecule has 1 aliphatic carbocycles. The minimum Gasteiger partial charge on any atom is -0.466 e. The first-order valence-corrected chi connectivity index (χ1v) is 7.60. The van der Waals surface area contributed by atoms with Gasteiger partial charge in [-0.05, 0) is 37.5 Å². The number of hydrogen-bond donors (Lipinski definition) is 0. The molecular weight excluding hydrogens is 264 g/mol. The second-order valence-electron chi connectivity index (χ2n) is 4.54. The summed E-state index contributed by atoms with van der Waals surface area (Å²) < 4.78 is 29.7. The third-order valence-electron chi connectivity index (χ3n) is 3.49. The summed E-state index contributed by atoms with van der Waals surface area (Å²) in [5.74, 6) is -0.428. The lowest BCUT2D eigenvalue weighted by molar-refractivity contribution is -0.136. The summed E-state index contributed by atoms with van der Waals surface area (Å²) in [6.45, 7) is 1.70. The van der Waals surface area contributed by atoms with E-state index < -0.39 is 21.1 Å². The van der Waals surface area contributed by atoms with Gasteiger partial charge in [-0.1, -0.05) is 18.2 Å². The molecule has 0 amide bonds. The Hall–Kier alpha value is -1.62. The fraction of sp³-hybridized carbons (Fsp3) is 0.357. The largest absolute Gasteiger partial charge is 0.466 e. The Labute approximate surface area is 113 Å². The number of benzene rings is 1. The molecule has 0 fully saturated rings. The maximum Gasteiger partial charge on any atom is 0.333 e. The van der Waals surface area contributed by atoms with E-state index in [4.69, 9.17) is 0 Å². The fourth-order valence-corrected chi connectivity index (χ4v) is 4.33. The molecule has 5 heteroatoms. The fourth-order valence-electron chi connectivity index (χ4n) is 2.43. The van der Waals surface area contributed by atoms with Crippen LogP contribution >= 0.6 is 0 Å². The van der Waals surface area contributed by atoms with Gasteiger partial charge in [-0.3, -0.25) is 0 Å². The number of esters is 1. The van der Waals surface area contributed by atoms with Crippen LogP contribution in [0.5, 0.6) is 0 Å². The van der Waals surface area contributed by atoms with Crippen LogP contribution in [0.3, 0.4) is 0 Å². The monoisotopic (exact) mass is 280 g/mol. The molecule has 2 rings (SSSR count). The summed E-state index contributed by atoms with van der Waals surface area (Å²) in [5, 5.41) is -0.621. The van der Waals surface area contributed by atoms with Crippen LogP contribution in [-0.2, 0) is 19.4 Å². The maximum atomic E-state index is 12.5. The molecule has 0 aromatic heterocycles. The van der Waals surface area contributed by atoms with E-state index in [1.807, 2.05) is 0 Å². The van der Waals surface area contributed by atoms with Gasteiger partial charge in [-0.2, -0.15) is 0 Å². The van der Waals surface area contributed by atoms with Crippen molar-refractivity contribution in [2.75, 3.05) is 7.11 Å². The second-order valence-corrected chi connectivity index (χ2v) is 6.67. The summed E-state index contributed by atoms with van der Waals surface area (Å²) in [4.78, 5) is 11.9. The Morgan fingerprint density at radius 1 is 1.26 bits per heavy atom. The first kappa shape index (κ1) is 13.8. The molecule has 0 aliphatic heterocycles. The summed E-state index contributed by atoms with van der Waals surface area (Å²) in [7, 11) is -2.12. The first-order valence-electron chi connectivity index (χ1n) is 6.05. The topological polar surface area (TPSA) is 60.4 Å². The van der Waals surface area contributed by atoms with Gasteiger partial charge in [0.25, 0.3) is 0 Å². The number of hydrogen-bond acceptors (Lipinski definition) is 4. The molecule has 0 spiro atoms. The smallest absolute Gasteiger partial charge is 0.333 e. The van der Waals surface area contributed by atoms with Gasteiger partial charge in [0, 0.05) is 5.57 Å². The van der Waals surface area contributed by atoms with E-state index >= 15 is 0 Å². The molecule has 1 aromatic carbocycles. The van der Waals surface area contributed by atoms with Crippen molar-refractivity contribution in [3.8, 4) is 0 Å². The normalized spacial score (nSPS) is 19.6. The average Bonchev–Trinajstić information content (AvgIpc) is 2.81. The minimum atomic E-state index is -3.43. The summed E-state index contributed by atoms with van der Waals surface area (Å²) in [6.07, 6.45) is 0.892. The lowest BCUT2D eigenvalue weighted by atomic mass is 10.2. The summed E-state index contributed by atoms with van der Waals surface area (Å²) in [6, 6.07) is 8.33. The van der Waals surface area contributed by atoms with Crippen LogP contribution in [0.4, 0.5) is 0 Å². The Bertz CT molecular complexity index is 614. The highest BCUT2D eigenvalue weighted by atomic mass is 32.2. The summed E-state index contributed by atoms with van der Waals surface area (Å²) >= 11 is 0. The van der Waals surface area contributed by atoms with E-state index in [9.17, 15) is 13.2 Å². The highest BCUT2D eigenvalue weighted by Crippen LogP contribution is 2.34. The van der Waals surface area contributed by atoms with Gasteiger partial charge in [0.1, 0.15) is 0 Å². The third kappa shape index (κ3) is 2.42. The van der Waals surface area contributed by atoms with E-state index in [1.54, 1.807) is 37.3 Å². The first-order chi connectivity index (χ1) is 8.98. The zero-order valence-corrected chi connectivity index (χ0v) is 11.7. The van der Waals surface area contributed by atoms with E-state index in [0.29, 0.717) is 28.9 Å². The Morgan fingerprint density at radius 3 is 2.47 bits per heavy atom. The predicted octanol–water partition coefficient (Wildman–Crippen LogP) is 2.11. The van der Waals surface area contributed by atoms with Crippen molar-refractivity contribution in [3.05, 3.63) is 41.5 Å². The molecule has 1 aliphatic rings. The third-order valence-corrected chi connectivity index (χ3v) is 5.76. The minimum absolute atomic E-state index is 0.297. The molecule has 1 aromatic rings. The maximum absolute atomic E-state index is 12.5. The van der Waals surface area contributed by atoms with Crippen LogP contribution in [0, 0.1) is 0 Å². The predicted molar refractivity (Wildman–Crippen MR) is 71.4 cm³/mol. The zero-order valence-electron chi connectivity index (χ0n) is 10.9. The molecule has 102 valence electrons. The van der Waals surface area contributed by atoms with Gasteiger partial charge >= 0.3 is 5.97 Å². The van der Waals surface area contributed by atoms with Crippen LogP contribution in [0.15, 0.2) is 46.4 Å². The molecule has 0 heterocycles. The Kier molecular flexibility index (Phi) is 3.75. The van der Waals surface area contributed by atoms with Crippen molar-refractivity contribution >= 4 is 15.8 Å². The SMILES string of the molecule is COC(=O)C1=C(C)C(S(=O)(=O)c2ccccc2)CC1. The molecule has 0 saturated heterocycles. The Balaban J connectivity index is 2.40. The number of ether oxygens (including phenoxy) is 1. The van der Waals surface area contributed by atoms with Crippen LogP contribution in [-0.4, -0.2) is 26.7 Å². The molecule has 0 N–H and O–H groups in total. The molecule has 0 saturated carbocycles. The second kappa shape index (κ2) is 5.17. The highest BCUT2D eigenvalue weighted by Gasteiger charge is 2.36. The molecule has 0 bridgehead atoms. The van der Waals surface area contributed by atoms with Crippen molar-refractivity contribution in [3.63, 3.8) is 0 Å². The van der Waals surface area contributed by atoms with E-state index in [1.165, 1.54) is 7.11 Å². The van der Waals surface area contributed by atoms with Crippen molar-refractivity contribution in [1.82, 2.24) is 0 Å². The van der Waals surface area contributed by atoms with E-state index in [0.717, 1.165) is 0 Å².